The van der Waals surface area contributed by atoms with Gasteiger partial charge in [-0.2, -0.15) is 0 Å². The van der Waals surface area contributed by atoms with E-state index in [1.807, 2.05) is 67.0 Å². The lowest BCUT2D eigenvalue weighted by atomic mass is 10.2. The molecule has 0 atom stereocenters. The molecule has 0 N–H and O–H groups in total. The Bertz CT molecular complexity index is 1120. The smallest absolute Gasteiger partial charge is 0.270 e. The third-order valence-corrected chi connectivity index (χ3v) is 5.93. The molecule has 0 unspecified atom stereocenters. The van der Waals surface area contributed by atoms with Gasteiger partial charge in [-0.1, -0.05) is 48.2 Å². The molecule has 3 nitrogen and oxygen atoms in total. The second-order valence-electron chi connectivity index (χ2n) is 6.49. The van der Waals surface area contributed by atoms with Crippen molar-refractivity contribution in [1.82, 2.24) is 4.57 Å². The van der Waals surface area contributed by atoms with Crippen LogP contribution in [0.3, 0.4) is 0 Å². The Morgan fingerprint density at radius 3 is 2.43 bits per heavy atom. The first kappa shape index (κ1) is 18.7. The van der Waals surface area contributed by atoms with Crippen LogP contribution in [0.1, 0.15) is 17.0 Å². The van der Waals surface area contributed by atoms with Gasteiger partial charge in [-0.25, -0.2) is 4.39 Å². The predicted octanol–water partition coefficient (Wildman–Crippen LogP) is 5.64. The van der Waals surface area contributed by atoms with Crippen LogP contribution < -0.4 is 4.90 Å². The monoisotopic (exact) mass is 408 g/mol. The summed E-state index contributed by atoms with van der Waals surface area (Å²) in [4.78, 5) is 15.1. The van der Waals surface area contributed by atoms with E-state index in [1.54, 1.807) is 11.0 Å². The number of thiocarbonyl (C=S) groups is 1. The molecule has 1 amide bonds. The predicted molar refractivity (Wildman–Crippen MR) is 117 cm³/mol. The SMILES string of the molecule is Cc1cc(/C=C2/SC(=S)N(c3ccccc3)C2=O)c(C)n1-c1cccc(F)c1. The first-order valence-corrected chi connectivity index (χ1v) is 9.96. The molecule has 2 heterocycles. The van der Waals surface area contributed by atoms with Crippen molar-refractivity contribution in [2.75, 3.05) is 4.90 Å². The van der Waals surface area contributed by atoms with Gasteiger partial charge >= 0.3 is 0 Å². The summed E-state index contributed by atoms with van der Waals surface area (Å²) < 4.78 is 16.2. The molecular formula is C22H17FN2OS2. The second-order valence-corrected chi connectivity index (χ2v) is 8.17. The summed E-state index contributed by atoms with van der Waals surface area (Å²) in [5, 5.41) is 0. The van der Waals surface area contributed by atoms with Crippen LogP contribution >= 0.6 is 24.0 Å². The molecule has 0 radical (unpaired) electrons. The number of thioether (sulfide) groups is 1. The first-order valence-electron chi connectivity index (χ1n) is 8.73. The molecule has 4 rings (SSSR count). The van der Waals surface area contributed by atoms with Crippen molar-refractivity contribution in [3.05, 3.63) is 88.3 Å². The van der Waals surface area contributed by atoms with Crippen LogP contribution in [0.2, 0.25) is 0 Å². The lowest BCUT2D eigenvalue weighted by molar-refractivity contribution is -0.113. The van der Waals surface area contributed by atoms with Crippen LogP contribution in [-0.4, -0.2) is 14.8 Å². The van der Waals surface area contributed by atoms with E-state index >= 15 is 0 Å². The van der Waals surface area contributed by atoms with Crippen molar-refractivity contribution in [1.29, 1.82) is 0 Å². The minimum atomic E-state index is -0.282. The van der Waals surface area contributed by atoms with Gasteiger partial charge in [-0.3, -0.25) is 9.69 Å². The van der Waals surface area contributed by atoms with E-state index in [4.69, 9.17) is 12.2 Å². The number of hydrogen-bond acceptors (Lipinski definition) is 3. The highest BCUT2D eigenvalue weighted by Crippen LogP contribution is 2.36. The molecule has 1 aromatic heterocycles. The van der Waals surface area contributed by atoms with Crippen molar-refractivity contribution >= 4 is 46.0 Å². The quantitative estimate of drug-likeness (QED) is 0.414. The zero-order valence-electron chi connectivity index (χ0n) is 15.3. The minimum absolute atomic E-state index is 0.128. The zero-order valence-corrected chi connectivity index (χ0v) is 17.0. The molecule has 6 heteroatoms. The summed E-state index contributed by atoms with van der Waals surface area (Å²) >= 11 is 6.72. The Kier molecular flexibility index (Phi) is 4.91. The fourth-order valence-electron chi connectivity index (χ4n) is 3.35. The topological polar surface area (TPSA) is 25.2 Å². The Morgan fingerprint density at radius 1 is 1.00 bits per heavy atom. The van der Waals surface area contributed by atoms with Crippen LogP contribution in [0.5, 0.6) is 0 Å². The Hall–Kier alpha value is -2.70. The number of anilines is 1. The van der Waals surface area contributed by atoms with Gasteiger partial charge in [0, 0.05) is 17.1 Å². The fourth-order valence-corrected chi connectivity index (χ4v) is 4.64. The molecule has 0 aliphatic carbocycles. The maximum atomic E-state index is 13.7. The Labute approximate surface area is 172 Å². The van der Waals surface area contributed by atoms with Gasteiger partial charge in [0.15, 0.2) is 4.32 Å². The minimum Gasteiger partial charge on any atom is -0.318 e. The summed E-state index contributed by atoms with van der Waals surface area (Å²) in [6.07, 6.45) is 1.86. The van der Waals surface area contributed by atoms with Crippen LogP contribution in [0.4, 0.5) is 10.1 Å². The number of aryl methyl sites for hydroxylation is 1. The molecule has 0 saturated carbocycles. The fraction of sp³-hybridized carbons (Fsp3) is 0.0909. The van der Waals surface area contributed by atoms with Crippen molar-refractivity contribution in [3.63, 3.8) is 0 Å². The summed E-state index contributed by atoms with van der Waals surface area (Å²) in [6.45, 7) is 3.92. The second kappa shape index (κ2) is 7.37. The Balaban J connectivity index is 1.72. The number of aromatic nitrogens is 1. The number of hydrogen-bond donors (Lipinski definition) is 0. The van der Waals surface area contributed by atoms with Crippen LogP contribution in [0.25, 0.3) is 11.8 Å². The summed E-state index contributed by atoms with van der Waals surface area (Å²) in [7, 11) is 0. The number of rotatable bonds is 3. The van der Waals surface area contributed by atoms with Crippen LogP contribution in [0, 0.1) is 19.7 Å². The lowest BCUT2D eigenvalue weighted by Crippen LogP contribution is -2.27. The highest BCUT2D eigenvalue weighted by molar-refractivity contribution is 8.27. The molecule has 140 valence electrons. The van der Waals surface area contributed by atoms with E-state index in [9.17, 15) is 9.18 Å². The number of carbonyl (C=O) groups is 1. The van der Waals surface area contributed by atoms with E-state index in [0.29, 0.717) is 9.23 Å². The normalized spacial score (nSPS) is 15.7. The van der Waals surface area contributed by atoms with E-state index in [0.717, 1.165) is 28.3 Å². The molecule has 2 aromatic carbocycles. The van der Waals surface area contributed by atoms with E-state index in [2.05, 4.69) is 0 Å². The number of carbonyl (C=O) groups excluding carboxylic acids is 1. The van der Waals surface area contributed by atoms with Gasteiger partial charge in [-0.05, 0) is 61.9 Å². The number of halogens is 1. The highest BCUT2D eigenvalue weighted by atomic mass is 32.2. The van der Waals surface area contributed by atoms with Crippen molar-refractivity contribution in [2.45, 2.75) is 13.8 Å². The Morgan fingerprint density at radius 2 is 1.71 bits per heavy atom. The van der Waals surface area contributed by atoms with Crippen LogP contribution in [-0.2, 0) is 4.79 Å². The molecule has 28 heavy (non-hydrogen) atoms. The maximum absolute atomic E-state index is 13.7. The van der Waals surface area contributed by atoms with Gasteiger partial charge in [-0.15, -0.1) is 0 Å². The van der Waals surface area contributed by atoms with Gasteiger partial charge in [0.2, 0.25) is 0 Å². The van der Waals surface area contributed by atoms with Crippen molar-refractivity contribution in [3.8, 4) is 5.69 Å². The molecule has 0 bridgehead atoms. The largest absolute Gasteiger partial charge is 0.318 e. The standard InChI is InChI=1S/C22H17FN2OS2/c1-14-11-16(15(2)24(14)19-10-6-7-17(23)13-19)12-20-21(26)25(22(27)28-20)18-8-4-3-5-9-18/h3-13H,1-2H3/b20-12+. The third-order valence-electron chi connectivity index (χ3n) is 4.63. The number of benzene rings is 2. The first-order chi connectivity index (χ1) is 13.5. The lowest BCUT2D eigenvalue weighted by Gasteiger charge is -2.13. The van der Waals surface area contributed by atoms with Crippen molar-refractivity contribution < 1.29 is 9.18 Å². The molecular weight excluding hydrogens is 391 g/mol. The van der Waals surface area contributed by atoms with E-state index < -0.39 is 0 Å². The van der Waals surface area contributed by atoms with E-state index in [1.165, 1.54) is 23.9 Å². The van der Waals surface area contributed by atoms with Gasteiger partial charge in [0.1, 0.15) is 5.82 Å². The summed E-state index contributed by atoms with van der Waals surface area (Å²) in [5.74, 6) is -0.410. The van der Waals surface area contributed by atoms with Crippen molar-refractivity contribution in [2.24, 2.45) is 0 Å². The maximum Gasteiger partial charge on any atom is 0.270 e. The number of nitrogens with zero attached hydrogens (tertiary/aromatic N) is 2. The molecule has 3 aromatic rings. The number of para-hydroxylation sites is 1. The summed E-state index contributed by atoms with van der Waals surface area (Å²) in [5.41, 5.74) is 4.33. The molecule has 1 fully saturated rings. The van der Waals surface area contributed by atoms with Gasteiger partial charge < -0.3 is 4.57 Å². The molecule has 0 spiro atoms. The molecule has 1 aliphatic heterocycles. The highest BCUT2D eigenvalue weighted by Gasteiger charge is 2.33. The summed E-state index contributed by atoms with van der Waals surface area (Å²) in [6, 6.07) is 17.9. The average molecular weight is 409 g/mol. The molecule has 1 aliphatic rings. The third kappa shape index (κ3) is 3.30. The van der Waals surface area contributed by atoms with Gasteiger partial charge in [0.25, 0.3) is 5.91 Å². The van der Waals surface area contributed by atoms with Crippen LogP contribution in [0.15, 0.2) is 65.6 Å². The number of amides is 1. The van der Waals surface area contributed by atoms with E-state index in [-0.39, 0.29) is 11.7 Å². The zero-order chi connectivity index (χ0) is 19.8. The van der Waals surface area contributed by atoms with Gasteiger partial charge in [0.05, 0.1) is 10.6 Å². The molecule has 1 saturated heterocycles. The average Bonchev–Trinajstić information content (AvgIpc) is 3.11.